The number of rotatable bonds is 5. The molecular weight excluding hydrogens is 316 g/mol. The lowest BCUT2D eigenvalue weighted by molar-refractivity contribution is 0.189. The van der Waals surface area contributed by atoms with E-state index in [0.29, 0.717) is 12.2 Å². The van der Waals surface area contributed by atoms with Crippen molar-refractivity contribution in [1.29, 1.82) is 0 Å². The fraction of sp³-hybridized carbons (Fsp3) is 0.500. The number of aromatic nitrogens is 3. The molecule has 1 aliphatic heterocycles. The minimum Gasteiger partial charge on any atom is -0.335 e. The monoisotopic (exact) mass is 340 g/mol. The van der Waals surface area contributed by atoms with Crippen molar-refractivity contribution in [3.8, 4) is 0 Å². The second-order valence-corrected chi connectivity index (χ2v) is 6.89. The van der Waals surface area contributed by atoms with E-state index in [4.69, 9.17) is 0 Å². The Kier molecular flexibility index (Phi) is 4.65. The third-order valence-electron chi connectivity index (χ3n) is 4.87. The molecule has 0 aromatic carbocycles. The van der Waals surface area contributed by atoms with Crippen LogP contribution in [0.4, 0.5) is 10.5 Å². The van der Waals surface area contributed by atoms with Crippen LogP contribution < -0.4 is 10.6 Å². The fourth-order valence-corrected chi connectivity index (χ4v) is 3.37. The van der Waals surface area contributed by atoms with Crippen molar-refractivity contribution < 1.29 is 4.79 Å². The standard InChI is InChI=1S/C18H24N6O/c25-18(21-14-6-9-23(10-7-14)17-4-5-17)22-16-11-20-24(13-16)12-15-3-1-2-8-19-15/h1-3,8,11,13-14,17H,4-7,9-10,12H2,(H2,21,22,25). The predicted octanol–water partition coefficient (Wildman–Crippen LogP) is 2.07. The Hall–Kier alpha value is -2.41. The van der Waals surface area contributed by atoms with Crippen LogP contribution in [0, 0.1) is 0 Å². The molecule has 0 radical (unpaired) electrons. The van der Waals surface area contributed by atoms with Crippen molar-refractivity contribution in [2.75, 3.05) is 18.4 Å². The molecule has 2 aromatic heterocycles. The van der Waals surface area contributed by atoms with E-state index in [1.807, 2.05) is 24.4 Å². The molecule has 0 unspecified atom stereocenters. The molecule has 0 atom stereocenters. The summed E-state index contributed by atoms with van der Waals surface area (Å²) in [4.78, 5) is 19.0. The van der Waals surface area contributed by atoms with Gasteiger partial charge in [-0.25, -0.2) is 4.79 Å². The van der Waals surface area contributed by atoms with E-state index in [1.54, 1.807) is 17.1 Å². The maximum Gasteiger partial charge on any atom is 0.319 e. The molecule has 2 aliphatic rings. The highest BCUT2D eigenvalue weighted by atomic mass is 16.2. The molecule has 1 aliphatic carbocycles. The number of piperidine rings is 1. The number of anilines is 1. The van der Waals surface area contributed by atoms with E-state index in [9.17, 15) is 4.79 Å². The average molecular weight is 340 g/mol. The van der Waals surface area contributed by atoms with E-state index in [0.717, 1.165) is 37.7 Å². The number of urea groups is 1. The van der Waals surface area contributed by atoms with E-state index in [1.165, 1.54) is 12.8 Å². The van der Waals surface area contributed by atoms with Crippen LogP contribution in [-0.2, 0) is 6.54 Å². The number of amides is 2. The molecule has 0 bridgehead atoms. The molecule has 7 nitrogen and oxygen atoms in total. The van der Waals surface area contributed by atoms with Crippen molar-refractivity contribution >= 4 is 11.7 Å². The molecule has 7 heteroatoms. The maximum atomic E-state index is 12.2. The van der Waals surface area contributed by atoms with Crippen LogP contribution in [0.1, 0.15) is 31.4 Å². The summed E-state index contributed by atoms with van der Waals surface area (Å²) in [7, 11) is 0. The quantitative estimate of drug-likeness (QED) is 0.874. The van der Waals surface area contributed by atoms with Crippen LogP contribution >= 0.6 is 0 Å². The molecule has 25 heavy (non-hydrogen) atoms. The van der Waals surface area contributed by atoms with Gasteiger partial charge < -0.3 is 15.5 Å². The highest BCUT2D eigenvalue weighted by Crippen LogP contribution is 2.29. The van der Waals surface area contributed by atoms with Crippen LogP contribution in [0.3, 0.4) is 0 Å². The van der Waals surface area contributed by atoms with Gasteiger partial charge in [0.25, 0.3) is 0 Å². The van der Waals surface area contributed by atoms with Gasteiger partial charge >= 0.3 is 6.03 Å². The van der Waals surface area contributed by atoms with Gasteiger partial charge in [0.2, 0.25) is 0 Å². The van der Waals surface area contributed by atoms with Gasteiger partial charge in [-0.2, -0.15) is 5.10 Å². The molecule has 4 rings (SSSR count). The summed E-state index contributed by atoms with van der Waals surface area (Å²) in [5.41, 5.74) is 1.63. The molecule has 1 saturated heterocycles. The highest BCUT2D eigenvalue weighted by molar-refractivity contribution is 5.89. The second kappa shape index (κ2) is 7.23. The molecular formula is C18H24N6O. The zero-order chi connectivity index (χ0) is 17.1. The van der Waals surface area contributed by atoms with Crippen LogP contribution in [0.2, 0.25) is 0 Å². The summed E-state index contributed by atoms with van der Waals surface area (Å²) < 4.78 is 1.77. The number of likely N-dealkylation sites (tertiary alicyclic amines) is 1. The van der Waals surface area contributed by atoms with Gasteiger partial charge in [-0.15, -0.1) is 0 Å². The lowest BCUT2D eigenvalue weighted by Gasteiger charge is -2.32. The molecule has 2 N–H and O–H groups in total. The van der Waals surface area contributed by atoms with Gasteiger partial charge in [-0.1, -0.05) is 6.07 Å². The van der Waals surface area contributed by atoms with Crippen molar-refractivity contribution in [2.45, 2.75) is 44.3 Å². The Balaban J connectivity index is 1.24. The Morgan fingerprint density at radius 1 is 1.20 bits per heavy atom. The van der Waals surface area contributed by atoms with Gasteiger partial charge in [0.15, 0.2) is 0 Å². The van der Waals surface area contributed by atoms with E-state index >= 15 is 0 Å². The normalized spacial score (nSPS) is 18.9. The van der Waals surface area contributed by atoms with Crippen molar-refractivity contribution in [2.24, 2.45) is 0 Å². The minimum absolute atomic E-state index is 0.151. The van der Waals surface area contributed by atoms with E-state index < -0.39 is 0 Å². The molecule has 2 amide bonds. The zero-order valence-electron chi connectivity index (χ0n) is 14.3. The first-order valence-electron chi connectivity index (χ1n) is 9.00. The summed E-state index contributed by atoms with van der Waals surface area (Å²) >= 11 is 0. The number of hydrogen-bond donors (Lipinski definition) is 2. The van der Waals surface area contributed by atoms with Gasteiger partial charge in [-0.3, -0.25) is 9.67 Å². The highest BCUT2D eigenvalue weighted by Gasteiger charge is 2.32. The minimum atomic E-state index is -0.151. The number of carbonyl (C=O) groups is 1. The van der Waals surface area contributed by atoms with Crippen LogP contribution in [0.5, 0.6) is 0 Å². The fourth-order valence-electron chi connectivity index (χ4n) is 3.37. The van der Waals surface area contributed by atoms with Gasteiger partial charge in [0, 0.05) is 37.6 Å². The maximum absolute atomic E-state index is 12.2. The third kappa shape index (κ3) is 4.36. The van der Waals surface area contributed by atoms with Crippen molar-refractivity contribution in [1.82, 2.24) is 25.0 Å². The third-order valence-corrected chi connectivity index (χ3v) is 4.87. The first-order chi connectivity index (χ1) is 12.3. The first-order valence-corrected chi connectivity index (χ1v) is 9.00. The average Bonchev–Trinajstić information content (AvgIpc) is 3.38. The van der Waals surface area contributed by atoms with Gasteiger partial charge in [0.05, 0.1) is 24.1 Å². The lowest BCUT2D eigenvalue weighted by atomic mass is 10.1. The summed E-state index contributed by atoms with van der Waals surface area (Å²) in [6.07, 6.45) is 10.0. The molecule has 132 valence electrons. The van der Waals surface area contributed by atoms with Crippen LogP contribution in [0.25, 0.3) is 0 Å². The summed E-state index contributed by atoms with van der Waals surface area (Å²) in [5, 5.41) is 10.2. The number of hydrogen-bond acceptors (Lipinski definition) is 4. The van der Waals surface area contributed by atoms with E-state index in [2.05, 4.69) is 25.6 Å². The Morgan fingerprint density at radius 3 is 2.76 bits per heavy atom. The molecule has 0 spiro atoms. The number of pyridine rings is 1. The Labute approximate surface area is 147 Å². The smallest absolute Gasteiger partial charge is 0.319 e. The van der Waals surface area contributed by atoms with Crippen molar-refractivity contribution in [3.63, 3.8) is 0 Å². The van der Waals surface area contributed by atoms with Crippen LogP contribution in [0.15, 0.2) is 36.8 Å². The lowest BCUT2D eigenvalue weighted by Crippen LogP contribution is -2.46. The first kappa shape index (κ1) is 16.1. The largest absolute Gasteiger partial charge is 0.335 e. The molecule has 3 heterocycles. The molecule has 2 aromatic rings. The Morgan fingerprint density at radius 2 is 2.04 bits per heavy atom. The zero-order valence-corrected chi connectivity index (χ0v) is 14.3. The van der Waals surface area contributed by atoms with Gasteiger partial charge in [-0.05, 0) is 37.8 Å². The van der Waals surface area contributed by atoms with Gasteiger partial charge in [0.1, 0.15) is 0 Å². The van der Waals surface area contributed by atoms with Crippen LogP contribution in [-0.4, -0.2) is 50.9 Å². The number of nitrogens with one attached hydrogen (secondary N) is 2. The summed E-state index contributed by atoms with van der Waals surface area (Å²) in [5.74, 6) is 0. The predicted molar refractivity (Wildman–Crippen MR) is 95.3 cm³/mol. The number of nitrogens with zero attached hydrogens (tertiary/aromatic N) is 4. The Bertz CT molecular complexity index is 703. The van der Waals surface area contributed by atoms with E-state index in [-0.39, 0.29) is 12.1 Å². The topological polar surface area (TPSA) is 75.1 Å². The summed E-state index contributed by atoms with van der Waals surface area (Å²) in [6, 6.07) is 6.72. The van der Waals surface area contributed by atoms with Crippen molar-refractivity contribution in [3.05, 3.63) is 42.5 Å². The molecule has 2 fully saturated rings. The SMILES string of the molecule is O=C(Nc1cnn(Cc2ccccn2)c1)NC1CCN(C2CC2)CC1. The number of carbonyl (C=O) groups excluding carboxylic acids is 1. The second-order valence-electron chi connectivity index (χ2n) is 6.89. The summed E-state index contributed by atoms with van der Waals surface area (Å²) in [6.45, 7) is 2.78. The molecule has 1 saturated carbocycles.